The van der Waals surface area contributed by atoms with Gasteiger partial charge in [0.2, 0.25) is 0 Å². The Hall–Kier alpha value is -2.31. The summed E-state index contributed by atoms with van der Waals surface area (Å²) in [7, 11) is 0. The van der Waals surface area contributed by atoms with Crippen molar-refractivity contribution >= 4 is 11.7 Å². The second-order valence-electron chi connectivity index (χ2n) is 3.80. The Labute approximate surface area is 96.9 Å². The van der Waals surface area contributed by atoms with E-state index in [4.69, 9.17) is 5.11 Å². The van der Waals surface area contributed by atoms with Crippen molar-refractivity contribution in [1.29, 1.82) is 0 Å². The first-order chi connectivity index (χ1) is 7.83. The molecular weight excluding hydrogens is 226 g/mol. The second kappa shape index (κ2) is 4.69. The first kappa shape index (κ1) is 12.8. The lowest BCUT2D eigenvalue weighted by molar-refractivity contribution is -0.559. The Balaban J connectivity index is 2.86. The molecule has 7 nitrogen and oxygen atoms in total. The highest BCUT2D eigenvalue weighted by Crippen LogP contribution is 2.17. The van der Waals surface area contributed by atoms with E-state index in [1.165, 1.54) is 38.1 Å². The van der Waals surface area contributed by atoms with Gasteiger partial charge in [-0.05, 0) is 24.3 Å². The fourth-order valence-corrected chi connectivity index (χ4v) is 0.887. The summed E-state index contributed by atoms with van der Waals surface area (Å²) in [6.45, 7) is 2.64. The standard InChI is InChI=1S/C10H11N3O4/c1-10(2,13(16)17)12-11-8-5-3-7(4-6-8)9(14)15/h3-6H,1-2H3,(H,14,15). The van der Waals surface area contributed by atoms with E-state index >= 15 is 0 Å². The van der Waals surface area contributed by atoms with Gasteiger partial charge in [-0.3, -0.25) is 10.1 Å². The first-order valence-corrected chi connectivity index (χ1v) is 4.74. The molecule has 0 aliphatic carbocycles. The molecule has 0 unspecified atom stereocenters. The summed E-state index contributed by atoms with van der Waals surface area (Å²) in [4.78, 5) is 20.6. The lowest BCUT2D eigenvalue weighted by atomic mass is 10.2. The number of nitrogens with zero attached hydrogens (tertiary/aromatic N) is 3. The van der Waals surface area contributed by atoms with Crippen LogP contribution in [0.15, 0.2) is 34.5 Å². The molecule has 0 radical (unpaired) electrons. The fraction of sp³-hybridized carbons (Fsp3) is 0.300. The molecule has 0 heterocycles. The maximum absolute atomic E-state index is 10.6. The van der Waals surface area contributed by atoms with E-state index in [0.29, 0.717) is 5.69 Å². The van der Waals surface area contributed by atoms with Crippen LogP contribution in [0.1, 0.15) is 24.2 Å². The number of azo groups is 1. The summed E-state index contributed by atoms with van der Waals surface area (Å²) in [5, 5.41) is 26.5. The van der Waals surface area contributed by atoms with E-state index in [-0.39, 0.29) is 5.56 Å². The molecule has 1 aromatic rings. The summed E-state index contributed by atoms with van der Waals surface area (Å²) >= 11 is 0. The lowest BCUT2D eigenvalue weighted by Crippen LogP contribution is -2.27. The Morgan fingerprint density at radius 3 is 2.29 bits per heavy atom. The van der Waals surface area contributed by atoms with Gasteiger partial charge in [0.25, 0.3) is 0 Å². The van der Waals surface area contributed by atoms with Gasteiger partial charge in [0.15, 0.2) is 0 Å². The summed E-state index contributed by atoms with van der Waals surface area (Å²) < 4.78 is 0. The van der Waals surface area contributed by atoms with Crippen molar-refractivity contribution in [2.75, 3.05) is 0 Å². The summed E-state index contributed by atoms with van der Waals surface area (Å²) in [5.74, 6) is -1.04. The summed E-state index contributed by atoms with van der Waals surface area (Å²) in [5.41, 5.74) is -1.01. The van der Waals surface area contributed by atoms with Crippen LogP contribution in [-0.2, 0) is 0 Å². The molecule has 0 aliphatic heterocycles. The van der Waals surface area contributed by atoms with Gasteiger partial charge in [-0.1, -0.05) is 0 Å². The number of nitro groups is 1. The highest BCUT2D eigenvalue weighted by molar-refractivity contribution is 5.87. The van der Waals surface area contributed by atoms with Gasteiger partial charge in [0, 0.05) is 13.8 Å². The van der Waals surface area contributed by atoms with E-state index < -0.39 is 16.6 Å². The van der Waals surface area contributed by atoms with Crippen molar-refractivity contribution < 1.29 is 14.8 Å². The molecule has 0 aliphatic rings. The van der Waals surface area contributed by atoms with Crippen LogP contribution in [0, 0.1) is 10.1 Å². The average Bonchev–Trinajstić information content (AvgIpc) is 2.27. The minimum absolute atomic E-state index is 0.123. The molecule has 0 saturated heterocycles. The van der Waals surface area contributed by atoms with Gasteiger partial charge in [0.05, 0.1) is 16.2 Å². The van der Waals surface area contributed by atoms with E-state index in [1.807, 2.05) is 0 Å². The third-order valence-corrected chi connectivity index (χ3v) is 1.97. The molecule has 90 valence electrons. The molecule has 0 saturated carbocycles. The Morgan fingerprint density at radius 1 is 1.35 bits per heavy atom. The third-order valence-electron chi connectivity index (χ3n) is 1.97. The molecule has 1 aromatic carbocycles. The highest BCUT2D eigenvalue weighted by Gasteiger charge is 2.29. The predicted octanol–water partition coefficient (Wildman–Crippen LogP) is 2.48. The summed E-state index contributed by atoms with van der Waals surface area (Å²) in [6.07, 6.45) is 0. The zero-order valence-electron chi connectivity index (χ0n) is 9.32. The van der Waals surface area contributed by atoms with Crippen molar-refractivity contribution in [1.82, 2.24) is 0 Å². The Kier molecular flexibility index (Phi) is 3.52. The van der Waals surface area contributed by atoms with Crippen LogP contribution < -0.4 is 0 Å². The second-order valence-corrected chi connectivity index (χ2v) is 3.80. The van der Waals surface area contributed by atoms with Crippen molar-refractivity contribution in [2.45, 2.75) is 19.5 Å². The SMILES string of the molecule is CC(C)(N=Nc1ccc(C(=O)O)cc1)[N+](=O)[O-]. The minimum atomic E-state index is -1.49. The van der Waals surface area contributed by atoms with Crippen LogP contribution in [0.4, 0.5) is 5.69 Å². The van der Waals surface area contributed by atoms with Crippen LogP contribution >= 0.6 is 0 Å². The molecule has 0 bridgehead atoms. The van der Waals surface area contributed by atoms with Gasteiger partial charge in [-0.15, -0.1) is 10.2 Å². The molecule has 7 heteroatoms. The first-order valence-electron chi connectivity index (χ1n) is 4.74. The number of carboxylic acid groups (broad SMARTS) is 1. The summed E-state index contributed by atoms with van der Waals surface area (Å²) in [6, 6.07) is 5.58. The Morgan fingerprint density at radius 2 is 1.88 bits per heavy atom. The Bertz CT molecular complexity index is 465. The van der Waals surface area contributed by atoms with Crippen molar-refractivity contribution in [2.24, 2.45) is 10.2 Å². The smallest absolute Gasteiger partial charge is 0.335 e. The quantitative estimate of drug-likeness (QED) is 0.493. The maximum Gasteiger partial charge on any atom is 0.335 e. The maximum atomic E-state index is 10.6. The molecule has 0 amide bonds. The molecule has 0 aromatic heterocycles. The molecule has 0 spiro atoms. The van der Waals surface area contributed by atoms with Gasteiger partial charge in [-0.2, -0.15) is 0 Å². The number of aromatic carboxylic acids is 1. The highest BCUT2D eigenvalue weighted by atomic mass is 16.6. The van der Waals surface area contributed by atoms with E-state index in [1.54, 1.807) is 0 Å². The number of hydrogen-bond acceptors (Lipinski definition) is 5. The fourth-order valence-electron chi connectivity index (χ4n) is 0.887. The van der Waals surface area contributed by atoms with Crippen LogP contribution in [0.2, 0.25) is 0 Å². The zero-order chi connectivity index (χ0) is 13.1. The minimum Gasteiger partial charge on any atom is -0.478 e. The predicted molar refractivity (Wildman–Crippen MR) is 59.0 cm³/mol. The van der Waals surface area contributed by atoms with Crippen LogP contribution in [-0.4, -0.2) is 21.7 Å². The van der Waals surface area contributed by atoms with Crippen LogP contribution in [0.3, 0.4) is 0 Å². The third kappa shape index (κ3) is 3.33. The number of carboxylic acids is 1. The van der Waals surface area contributed by atoms with E-state index in [2.05, 4.69) is 10.2 Å². The van der Waals surface area contributed by atoms with E-state index in [9.17, 15) is 14.9 Å². The molecule has 0 fully saturated rings. The van der Waals surface area contributed by atoms with Crippen molar-refractivity contribution in [3.8, 4) is 0 Å². The molecular formula is C10H11N3O4. The van der Waals surface area contributed by atoms with Gasteiger partial charge >= 0.3 is 11.6 Å². The van der Waals surface area contributed by atoms with Crippen molar-refractivity contribution in [3.63, 3.8) is 0 Å². The van der Waals surface area contributed by atoms with Gasteiger partial charge in [-0.25, -0.2) is 4.79 Å². The molecule has 1 rings (SSSR count). The van der Waals surface area contributed by atoms with Gasteiger partial charge < -0.3 is 5.11 Å². The number of carbonyl (C=O) groups is 1. The molecule has 17 heavy (non-hydrogen) atoms. The largest absolute Gasteiger partial charge is 0.478 e. The van der Waals surface area contributed by atoms with Crippen LogP contribution in [0.25, 0.3) is 0 Å². The zero-order valence-corrected chi connectivity index (χ0v) is 9.32. The normalized spacial score (nSPS) is 11.6. The number of benzene rings is 1. The lowest BCUT2D eigenvalue weighted by Gasteiger charge is -2.07. The molecule has 0 atom stereocenters. The topological polar surface area (TPSA) is 105 Å². The monoisotopic (exact) mass is 237 g/mol. The molecule has 1 N–H and O–H groups in total. The average molecular weight is 237 g/mol. The van der Waals surface area contributed by atoms with Crippen molar-refractivity contribution in [3.05, 3.63) is 39.9 Å². The number of rotatable bonds is 4. The van der Waals surface area contributed by atoms with Gasteiger partial charge in [0.1, 0.15) is 0 Å². The van der Waals surface area contributed by atoms with E-state index in [0.717, 1.165) is 0 Å². The van der Waals surface area contributed by atoms with Crippen LogP contribution in [0.5, 0.6) is 0 Å². The number of hydrogen-bond donors (Lipinski definition) is 1.